The third-order valence-electron chi connectivity index (χ3n) is 13.1. The summed E-state index contributed by atoms with van der Waals surface area (Å²) in [4.78, 5) is 0. The fourth-order valence-corrected chi connectivity index (χ4v) is 10.7. The molecule has 4 aliphatic rings. The Bertz CT molecular complexity index is 821. The van der Waals surface area contributed by atoms with Crippen molar-refractivity contribution in [3.8, 4) is 0 Å². The number of hydrogen-bond donors (Lipinski definition) is 5. The molecule has 11 atom stereocenters. The van der Waals surface area contributed by atoms with E-state index in [2.05, 4.69) is 26.1 Å². The highest BCUT2D eigenvalue weighted by Crippen LogP contribution is 2.69. The minimum absolute atomic E-state index is 0.170. The Kier molecular flexibility index (Phi) is 14.7. The molecular formula is C36H71N5O3. The van der Waals surface area contributed by atoms with Gasteiger partial charge in [-0.1, -0.05) is 20.8 Å². The van der Waals surface area contributed by atoms with E-state index in [1.165, 1.54) is 44.9 Å². The third-order valence-corrected chi connectivity index (χ3v) is 13.1. The van der Waals surface area contributed by atoms with Crippen LogP contribution < -0.4 is 28.3 Å². The molecule has 0 aromatic heterocycles. The minimum atomic E-state index is 0.170. The van der Waals surface area contributed by atoms with Crippen molar-refractivity contribution in [1.82, 2.24) is 5.32 Å². The number of nitrogens with two attached hydrogens (primary N) is 4. The van der Waals surface area contributed by atoms with E-state index in [0.717, 1.165) is 78.0 Å². The summed E-state index contributed by atoms with van der Waals surface area (Å²) in [5.41, 5.74) is 23.9. The molecule has 0 heterocycles. The molecule has 4 unspecified atom stereocenters. The zero-order chi connectivity index (χ0) is 31.6. The Morgan fingerprint density at radius 2 is 1.39 bits per heavy atom. The van der Waals surface area contributed by atoms with Crippen LogP contribution >= 0.6 is 0 Å². The second kappa shape index (κ2) is 17.7. The summed E-state index contributed by atoms with van der Waals surface area (Å²) in [6.45, 7) is 15.1. The first-order valence-corrected chi connectivity index (χ1v) is 18.7. The summed E-state index contributed by atoms with van der Waals surface area (Å²) in [5.74, 6) is 3.85. The molecule has 9 N–H and O–H groups in total. The summed E-state index contributed by atoms with van der Waals surface area (Å²) in [5, 5.41) is 3.60. The molecule has 0 bridgehead atoms. The minimum Gasteiger partial charge on any atom is -0.378 e. The van der Waals surface area contributed by atoms with Crippen LogP contribution in [0.4, 0.5) is 0 Å². The number of rotatable bonds is 20. The fourth-order valence-electron chi connectivity index (χ4n) is 10.7. The molecule has 0 spiro atoms. The number of ether oxygens (including phenoxy) is 3. The average Bonchev–Trinajstić information content (AvgIpc) is 3.38. The molecule has 8 heteroatoms. The fraction of sp³-hybridized carbons (Fsp3) is 1.00. The van der Waals surface area contributed by atoms with Crippen molar-refractivity contribution < 1.29 is 14.2 Å². The quantitative estimate of drug-likeness (QED) is 0.126. The van der Waals surface area contributed by atoms with Gasteiger partial charge in [0.25, 0.3) is 0 Å². The molecule has 4 aliphatic carbocycles. The van der Waals surface area contributed by atoms with E-state index in [1.807, 2.05) is 0 Å². The van der Waals surface area contributed by atoms with Gasteiger partial charge in [-0.05, 0) is 164 Å². The monoisotopic (exact) mass is 622 g/mol. The van der Waals surface area contributed by atoms with Gasteiger partial charge in [0, 0.05) is 25.2 Å². The van der Waals surface area contributed by atoms with E-state index >= 15 is 0 Å². The van der Waals surface area contributed by atoms with Crippen LogP contribution in [-0.2, 0) is 14.2 Å². The summed E-state index contributed by atoms with van der Waals surface area (Å²) in [6, 6.07) is 0. The second-order valence-electron chi connectivity index (χ2n) is 15.5. The standard InChI is InChI=1S/C36H71N5O3/c1-26(9-4-18-41-19-5-14-37)29-10-11-30-34-31(25-33(36(29,30)3)44-22-8-17-40)35(2)13-12-28(42-20-6-15-38)23-27(35)24-32(34)43-21-7-16-39/h26-34,41H,4-25,37-40H2,1-3H3/t26?,27?,28-,29?,30+,31+,32-,33+,34?,35+,36-/m1/s1. The summed E-state index contributed by atoms with van der Waals surface area (Å²) < 4.78 is 20.3. The van der Waals surface area contributed by atoms with Crippen molar-refractivity contribution in [2.24, 2.45) is 69.3 Å². The number of nitrogens with one attached hydrogen (secondary N) is 1. The van der Waals surface area contributed by atoms with Crippen LogP contribution in [0, 0.1) is 46.3 Å². The lowest BCUT2D eigenvalue weighted by Crippen LogP contribution is -2.63. The lowest BCUT2D eigenvalue weighted by atomic mass is 9.43. The number of fused-ring (bicyclic) bond motifs is 5. The SMILES string of the molecule is CC(CCCNCCCN)C1CC[C@H]2C3[C@H](OCCCN)CC4C[C@H](OCCCN)CC[C@]4(C)[C@H]3C[C@H](OCCCN)[C@]12C. The average molecular weight is 622 g/mol. The first kappa shape index (κ1) is 36.5. The van der Waals surface area contributed by atoms with Gasteiger partial charge in [0.2, 0.25) is 0 Å². The van der Waals surface area contributed by atoms with Gasteiger partial charge in [-0.3, -0.25) is 0 Å². The molecule has 0 saturated heterocycles. The molecule has 0 aliphatic heterocycles. The zero-order valence-electron chi connectivity index (χ0n) is 28.8. The van der Waals surface area contributed by atoms with Crippen LogP contribution in [0.15, 0.2) is 0 Å². The smallest absolute Gasteiger partial charge is 0.0637 e. The summed E-state index contributed by atoms with van der Waals surface area (Å²) in [7, 11) is 0. The van der Waals surface area contributed by atoms with Crippen LogP contribution in [0.2, 0.25) is 0 Å². The van der Waals surface area contributed by atoms with Crippen molar-refractivity contribution >= 4 is 0 Å². The maximum absolute atomic E-state index is 6.99. The lowest BCUT2D eigenvalue weighted by Gasteiger charge is -2.65. The van der Waals surface area contributed by atoms with Gasteiger partial charge in [0.1, 0.15) is 0 Å². The third kappa shape index (κ3) is 8.21. The largest absolute Gasteiger partial charge is 0.378 e. The molecule has 0 aromatic carbocycles. The normalized spacial score (nSPS) is 39.1. The van der Waals surface area contributed by atoms with Crippen LogP contribution in [0.1, 0.15) is 104 Å². The molecular weight excluding hydrogens is 550 g/mol. The molecule has 4 saturated carbocycles. The summed E-state index contributed by atoms with van der Waals surface area (Å²) >= 11 is 0. The predicted octanol–water partition coefficient (Wildman–Crippen LogP) is 4.42. The highest BCUT2D eigenvalue weighted by molar-refractivity contribution is 5.15. The second-order valence-corrected chi connectivity index (χ2v) is 15.5. The van der Waals surface area contributed by atoms with Gasteiger partial charge < -0.3 is 42.5 Å². The topological polar surface area (TPSA) is 144 Å². The van der Waals surface area contributed by atoms with Crippen LogP contribution in [0.5, 0.6) is 0 Å². The van der Waals surface area contributed by atoms with E-state index in [9.17, 15) is 0 Å². The van der Waals surface area contributed by atoms with Gasteiger partial charge in [-0.25, -0.2) is 0 Å². The Morgan fingerprint density at radius 1 is 0.727 bits per heavy atom. The van der Waals surface area contributed by atoms with Crippen LogP contribution in [0.3, 0.4) is 0 Å². The summed E-state index contributed by atoms with van der Waals surface area (Å²) in [6.07, 6.45) is 15.8. The predicted molar refractivity (Wildman–Crippen MR) is 181 cm³/mol. The Labute approximate surface area is 270 Å². The van der Waals surface area contributed by atoms with Crippen molar-refractivity contribution in [1.29, 1.82) is 0 Å². The van der Waals surface area contributed by atoms with E-state index in [-0.39, 0.29) is 11.5 Å². The van der Waals surface area contributed by atoms with E-state index in [4.69, 9.17) is 37.1 Å². The molecule has 0 radical (unpaired) electrons. The van der Waals surface area contributed by atoms with E-state index in [0.29, 0.717) is 72.8 Å². The van der Waals surface area contributed by atoms with E-state index < -0.39 is 0 Å². The molecule has 4 fully saturated rings. The molecule has 8 nitrogen and oxygen atoms in total. The van der Waals surface area contributed by atoms with Crippen molar-refractivity contribution in [3.05, 3.63) is 0 Å². The zero-order valence-corrected chi connectivity index (χ0v) is 28.8. The van der Waals surface area contributed by atoms with Gasteiger partial charge in [0.15, 0.2) is 0 Å². The molecule has 0 aromatic rings. The highest BCUT2D eigenvalue weighted by atomic mass is 16.5. The van der Waals surface area contributed by atoms with Crippen molar-refractivity contribution in [3.63, 3.8) is 0 Å². The van der Waals surface area contributed by atoms with Crippen molar-refractivity contribution in [2.75, 3.05) is 59.1 Å². The van der Waals surface area contributed by atoms with Crippen LogP contribution in [0.25, 0.3) is 0 Å². The molecule has 258 valence electrons. The molecule has 44 heavy (non-hydrogen) atoms. The Hall–Kier alpha value is -0.320. The van der Waals surface area contributed by atoms with Crippen LogP contribution in [-0.4, -0.2) is 77.4 Å². The molecule has 4 rings (SSSR count). The maximum atomic E-state index is 6.99. The van der Waals surface area contributed by atoms with Gasteiger partial charge in [0.05, 0.1) is 18.3 Å². The highest BCUT2D eigenvalue weighted by Gasteiger charge is 2.66. The number of hydrogen-bond acceptors (Lipinski definition) is 8. The lowest BCUT2D eigenvalue weighted by molar-refractivity contribution is -0.227. The molecule has 0 amide bonds. The van der Waals surface area contributed by atoms with Gasteiger partial charge in [-0.15, -0.1) is 0 Å². The maximum Gasteiger partial charge on any atom is 0.0637 e. The first-order valence-electron chi connectivity index (χ1n) is 18.7. The Balaban J connectivity index is 1.57. The Morgan fingerprint density at radius 3 is 2.09 bits per heavy atom. The van der Waals surface area contributed by atoms with E-state index in [1.54, 1.807) is 0 Å². The van der Waals surface area contributed by atoms with Crippen molar-refractivity contribution in [2.45, 2.75) is 123 Å². The first-order chi connectivity index (χ1) is 21.3. The van der Waals surface area contributed by atoms with Gasteiger partial charge in [-0.2, -0.15) is 0 Å². The van der Waals surface area contributed by atoms with Gasteiger partial charge >= 0.3 is 0 Å².